The van der Waals surface area contributed by atoms with Crippen molar-refractivity contribution < 1.29 is 28.6 Å². The van der Waals surface area contributed by atoms with Crippen LogP contribution in [-0.2, 0) is 30.4 Å². The van der Waals surface area contributed by atoms with Crippen molar-refractivity contribution in [1.29, 1.82) is 0 Å². The standard InChI is InChI=1S/C32H36N2O6S/c1-22(29-33-27(21-41-29)30(35)38-2)18-19-26(34-32(37)39-20-23-12-6-3-7-13-23)31(36)40-28(24-14-8-4-9-15-24)25-16-10-5-11-17-25/h3-17,22,26-29,33H,18-21H2,1-2H3,(H,34,37)/t22-,26-,27+,29-/m1/s1. The van der Waals surface area contributed by atoms with Gasteiger partial charge in [0.25, 0.3) is 0 Å². The Morgan fingerprint density at radius 2 is 1.49 bits per heavy atom. The predicted molar refractivity (Wildman–Crippen MR) is 158 cm³/mol. The second kappa shape index (κ2) is 15.3. The van der Waals surface area contributed by atoms with Crippen molar-refractivity contribution in [2.45, 2.75) is 49.9 Å². The van der Waals surface area contributed by atoms with Crippen LogP contribution in [0.1, 0.15) is 42.6 Å². The maximum atomic E-state index is 13.6. The quantitative estimate of drug-likeness (QED) is 0.223. The van der Waals surface area contributed by atoms with Crippen molar-refractivity contribution in [3.8, 4) is 0 Å². The zero-order valence-electron chi connectivity index (χ0n) is 23.2. The first-order valence-electron chi connectivity index (χ1n) is 13.7. The van der Waals surface area contributed by atoms with Gasteiger partial charge in [-0.25, -0.2) is 9.59 Å². The van der Waals surface area contributed by atoms with Crippen molar-refractivity contribution in [3.63, 3.8) is 0 Å². The maximum Gasteiger partial charge on any atom is 0.408 e. The molecule has 41 heavy (non-hydrogen) atoms. The van der Waals surface area contributed by atoms with Gasteiger partial charge < -0.3 is 19.5 Å². The normalized spacial score (nSPS) is 17.8. The summed E-state index contributed by atoms with van der Waals surface area (Å²) >= 11 is 1.65. The highest BCUT2D eigenvalue weighted by Gasteiger charge is 2.34. The molecule has 0 aromatic heterocycles. The molecule has 2 N–H and O–H groups in total. The summed E-state index contributed by atoms with van der Waals surface area (Å²) < 4.78 is 16.4. The Bertz CT molecular complexity index is 1220. The summed E-state index contributed by atoms with van der Waals surface area (Å²) in [4.78, 5) is 38.4. The van der Waals surface area contributed by atoms with Crippen LogP contribution in [0.4, 0.5) is 4.79 Å². The fourth-order valence-corrected chi connectivity index (χ4v) is 5.98. The van der Waals surface area contributed by atoms with Gasteiger partial charge in [-0.05, 0) is 35.4 Å². The van der Waals surface area contributed by atoms with E-state index < -0.39 is 24.2 Å². The molecule has 1 saturated heterocycles. The summed E-state index contributed by atoms with van der Waals surface area (Å²) in [5.74, 6) is -0.117. The monoisotopic (exact) mass is 576 g/mol. The summed E-state index contributed by atoms with van der Waals surface area (Å²) in [6, 6.07) is 27.1. The lowest BCUT2D eigenvalue weighted by atomic mass is 9.99. The number of thioether (sulfide) groups is 1. The highest BCUT2D eigenvalue weighted by Crippen LogP contribution is 2.30. The Morgan fingerprint density at radius 1 is 0.902 bits per heavy atom. The molecule has 0 bridgehead atoms. The van der Waals surface area contributed by atoms with Crippen LogP contribution in [0, 0.1) is 5.92 Å². The van der Waals surface area contributed by atoms with Crippen molar-refractivity contribution in [1.82, 2.24) is 10.6 Å². The third-order valence-corrected chi connectivity index (χ3v) is 8.43. The molecule has 0 spiro atoms. The van der Waals surface area contributed by atoms with E-state index in [2.05, 4.69) is 17.6 Å². The van der Waals surface area contributed by atoms with Crippen molar-refractivity contribution >= 4 is 29.8 Å². The number of alkyl carbamates (subject to hydrolysis) is 1. The molecule has 8 nitrogen and oxygen atoms in total. The number of amides is 1. The topological polar surface area (TPSA) is 103 Å². The molecule has 0 unspecified atom stereocenters. The van der Waals surface area contributed by atoms with E-state index in [0.717, 1.165) is 16.7 Å². The van der Waals surface area contributed by atoms with Gasteiger partial charge in [-0.15, -0.1) is 11.8 Å². The number of nitrogens with one attached hydrogen (secondary N) is 2. The highest BCUT2D eigenvalue weighted by atomic mass is 32.2. The van der Waals surface area contributed by atoms with Crippen molar-refractivity contribution in [3.05, 3.63) is 108 Å². The highest BCUT2D eigenvalue weighted by molar-refractivity contribution is 8.00. The van der Waals surface area contributed by atoms with Crippen LogP contribution in [0.25, 0.3) is 0 Å². The lowest BCUT2D eigenvalue weighted by Crippen LogP contribution is -2.43. The molecule has 3 aromatic rings. The van der Waals surface area contributed by atoms with Gasteiger partial charge in [-0.3, -0.25) is 10.1 Å². The van der Waals surface area contributed by atoms with Crippen molar-refractivity contribution in [2.24, 2.45) is 5.92 Å². The minimum Gasteiger partial charge on any atom is -0.468 e. The van der Waals surface area contributed by atoms with Gasteiger partial charge in [0.05, 0.1) is 12.5 Å². The largest absolute Gasteiger partial charge is 0.468 e. The molecular formula is C32H36N2O6S. The van der Waals surface area contributed by atoms with Crippen LogP contribution in [0.2, 0.25) is 0 Å². The second-order valence-electron chi connectivity index (χ2n) is 9.95. The predicted octanol–water partition coefficient (Wildman–Crippen LogP) is 5.23. The summed E-state index contributed by atoms with van der Waals surface area (Å²) in [7, 11) is 1.38. The van der Waals surface area contributed by atoms with Gasteiger partial charge in [-0.1, -0.05) is 97.9 Å². The second-order valence-corrected chi connectivity index (χ2v) is 11.1. The Morgan fingerprint density at radius 3 is 2.07 bits per heavy atom. The molecule has 1 aliphatic rings. The van der Waals surface area contributed by atoms with Crippen LogP contribution >= 0.6 is 11.8 Å². The molecule has 0 saturated carbocycles. The molecule has 3 aromatic carbocycles. The number of carbonyl (C=O) groups is 3. The summed E-state index contributed by atoms with van der Waals surface area (Å²) in [6.07, 6.45) is -0.407. The average molecular weight is 577 g/mol. The molecule has 216 valence electrons. The fourth-order valence-electron chi connectivity index (χ4n) is 4.62. The first-order chi connectivity index (χ1) is 19.9. The van der Waals surface area contributed by atoms with Gasteiger partial charge >= 0.3 is 18.0 Å². The van der Waals surface area contributed by atoms with E-state index >= 15 is 0 Å². The number of hydrogen-bond donors (Lipinski definition) is 2. The van der Waals surface area contributed by atoms with Crippen LogP contribution in [0.5, 0.6) is 0 Å². The number of benzene rings is 3. The lowest BCUT2D eigenvalue weighted by molar-refractivity contribution is -0.150. The van der Waals surface area contributed by atoms with E-state index in [1.165, 1.54) is 7.11 Å². The Kier molecular flexibility index (Phi) is 11.2. The fraction of sp³-hybridized carbons (Fsp3) is 0.344. The zero-order chi connectivity index (χ0) is 29.0. The molecule has 4 atom stereocenters. The van der Waals surface area contributed by atoms with Crippen molar-refractivity contribution in [2.75, 3.05) is 12.9 Å². The van der Waals surface area contributed by atoms with E-state index in [4.69, 9.17) is 14.2 Å². The number of methoxy groups -OCH3 is 1. The summed E-state index contributed by atoms with van der Waals surface area (Å²) in [6.45, 7) is 2.14. The van der Waals surface area contributed by atoms with E-state index in [0.29, 0.717) is 18.6 Å². The third kappa shape index (κ3) is 8.83. The molecule has 4 rings (SSSR count). The zero-order valence-corrected chi connectivity index (χ0v) is 24.0. The van der Waals surface area contributed by atoms with E-state index in [-0.39, 0.29) is 29.9 Å². The first-order valence-corrected chi connectivity index (χ1v) is 14.7. The molecule has 1 fully saturated rings. The minimum absolute atomic E-state index is 0.0159. The van der Waals surface area contributed by atoms with Gasteiger partial charge in [-0.2, -0.15) is 0 Å². The minimum atomic E-state index is -0.932. The first kappa shape index (κ1) is 30.1. The van der Waals surface area contributed by atoms with Crippen LogP contribution < -0.4 is 10.6 Å². The summed E-state index contributed by atoms with van der Waals surface area (Å²) in [5.41, 5.74) is 2.49. The smallest absolute Gasteiger partial charge is 0.408 e. The van der Waals surface area contributed by atoms with Gasteiger partial charge in [0, 0.05) is 5.75 Å². The Hall–Kier alpha value is -3.82. The third-order valence-electron chi connectivity index (χ3n) is 6.95. The van der Waals surface area contributed by atoms with Gasteiger partial charge in [0.2, 0.25) is 0 Å². The van der Waals surface area contributed by atoms with Crippen LogP contribution in [0.3, 0.4) is 0 Å². The molecule has 1 heterocycles. The molecular weight excluding hydrogens is 540 g/mol. The van der Waals surface area contributed by atoms with Crippen LogP contribution in [-0.4, -0.2) is 48.4 Å². The number of hydrogen-bond acceptors (Lipinski definition) is 8. The molecule has 1 amide bonds. The Balaban J connectivity index is 1.45. The summed E-state index contributed by atoms with van der Waals surface area (Å²) in [5, 5.41) is 6.07. The Labute approximate surface area is 245 Å². The molecule has 9 heteroatoms. The molecule has 0 radical (unpaired) electrons. The SMILES string of the molecule is COC(=O)[C@@H]1CS[C@H]([C@H](C)CC[C@@H](NC(=O)OCc2ccccc2)C(=O)OC(c2ccccc2)c2ccccc2)N1. The number of ether oxygens (including phenoxy) is 3. The number of rotatable bonds is 12. The molecule has 1 aliphatic heterocycles. The van der Waals surface area contributed by atoms with E-state index in [1.54, 1.807) is 11.8 Å². The number of esters is 2. The van der Waals surface area contributed by atoms with E-state index in [9.17, 15) is 14.4 Å². The molecule has 0 aliphatic carbocycles. The van der Waals surface area contributed by atoms with Crippen LogP contribution in [0.15, 0.2) is 91.0 Å². The maximum absolute atomic E-state index is 13.6. The van der Waals surface area contributed by atoms with E-state index in [1.807, 2.05) is 91.0 Å². The van der Waals surface area contributed by atoms with Gasteiger partial charge in [0.15, 0.2) is 6.10 Å². The average Bonchev–Trinajstić information content (AvgIpc) is 3.52. The van der Waals surface area contributed by atoms with Gasteiger partial charge in [0.1, 0.15) is 18.7 Å². The lowest BCUT2D eigenvalue weighted by Gasteiger charge is -2.25. The number of carbonyl (C=O) groups excluding carboxylic acids is 3.